The number of hydrogen-bond acceptors (Lipinski definition) is 4. The summed E-state index contributed by atoms with van der Waals surface area (Å²) in [6, 6.07) is 5.83. The van der Waals surface area contributed by atoms with Crippen molar-refractivity contribution in [2.75, 3.05) is 19.7 Å². The number of nitrogens with one attached hydrogen (secondary N) is 2. The predicted octanol–water partition coefficient (Wildman–Crippen LogP) is 2.90. The van der Waals surface area contributed by atoms with E-state index in [1.54, 1.807) is 23.7 Å². The number of guanidine groups is 1. The molecule has 0 saturated carbocycles. The van der Waals surface area contributed by atoms with Crippen LogP contribution in [-0.2, 0) is 6.54 Å². The molecule has 0 aliphatic rings. The SMILES string of the molecule is CCNC(=NCc1ccsc1)NCCOc1cccnc1.I. The zero-order chi connectivity index (χ0) is 14.8. The topological polar surface area (TPSA) is 58.5 Å². The Bertz CT molecular complexity index is 534. The summed E-state index contributed by atoms with van der Waals surface area (Å²) in [6.07, 6.45) is 3.43. The summed E-state index contributed by atoms with van der Waals surface area (Å²) in [5, 5.41) is 10.6. The van der Waals surface area contributed by atoms with Crippen molar-refractivity contribution >= 4 is 41.3 Å². The van der Waals surface area contributed by atoms with Gasteiger partial charge in [0.05, 0.1) is 19.3 Å². The van der Waals surface area contributed by atoms with E-state index in [0.717, 1.165) is 18.3 Å². The number of halogens is 1. The highest BCUT2D eigenvalue weighted by atomic mass is 127. The lowest BCUT2D eigenvalue weighted by molar-refractivity contribution is 0.320. The summed E-state index contributed by atoms with van der Waals surface area (Å²) in [6.45, 7) is 4.81. The smallest absolute Gasteiger partial charge is 0.191 e. The third kappa shape index (κ3) is 7.08. The van der Waals surface area contributed by atoms with E-state index in [1.807, 2.05) is 19.1 Å². The fourth-order valence-electron chi connectivity index (χ4n) is 1.67. The molecule has 2 aromatic rings. The van der Waals surface area contributed by atoms with Crippen LogP contribution in [0.15, 0.2) is 46.3 Å². The molecule has 0 radical (unpaired) electrons. The van der Waals surface area contributed by atoms with Gasteiger partial charge in [-0.3, -0.25) is 4.98 Å². The van der Waals surface area contributed by atoms with Crippen LogP contribution in [0.2, 0.25) is 0 Å². The van der Waals surface area contributed by atoms with Gasteiger partial charge in [-0.05, 0) is 41.4 Å². The molecule has 0 aliphatic heterocycles. The second kappa shape index (κ2) is 11.2. The number of ether oxygens (including phenoxy) is 1. The number of rotatable bonds is 7. The molecule has 5 nitrogen and oxygen atoms in total. The van der Waals surface area contributed by atoms with Gasteiger partial charge in [-0.25, -0.2) is 4.99 Å². The first-order chi connectivity index (χ1) is 10.4. The van der Waals surface area contributed by atoms with Crippen molar-refractivity contribution in [3.63, 3.8) is 0 Å². The van der Waals surface area contributed by atoms with Crippen LogP contribution in [0.1, 0.15) is 12.5 Å². The van der Waals surface area contributed by atoms with Crippen molar-refractivity contribution in [3.8, 4) is 5.75 Å². The van der Waals surface area contributed by atoms with E-state index in [2.05, 4.69) is 37.4 Å². The van der Waals surface area contributed by atoms with Crippen LogP contribution in [0.5, 0.6) is 5.75 Å². The molecule has 120 valence electrons. The predicted molar refractivity (Wildman–Crippen MR) is 102 cm³/mol. The normalized spacial score (nSPS) is 10.7. The maximum absolute atomic E-state index is 5.58. The maximum Gasteiger partial charge on any atom is 0.191 e. The number of nitrogens with zero attached hydrogens (tertiary/aromatic N) is 2. The number of pyridine rings is 1. The fraction of sp³-hybridized carbons (Fsp3) is 0.333. The van der Waals surface area contributed by atoms with Crippen LogP contribution in [0, 0.1) is 0 Å². The van der Waals surface area contributed by atoms with Gasteiger partial charge in [0, 0.05) is 12.7 Å². The van der Waals surface area contributed by atoms with Gasteiger partial charge < -0.3 is 15.4 Å². The standard InChI is InChI=1S/C15H20N4OS.HI/c1-2-17-15(19-10-13-5-9-21-12-13)18-7-8-20-14-4-3-6-16-11-14;/h3-6,9,11-12H,2,7-8,10H2,1H3,(H2,17,18,19);1H. The lowest BCUT2D eigenvalue weighted by atomic mass is 10.3. The van der Waals surface area contributed by atoms with Crippen molar-refractivity contribution in [2.24, 2.45) is 4.99 Å². The molecule has 2 aromatic heterocycles. The van der Waals surface area contributed by atoms with Crippen LogP contribution < -0.4 is 15.4 Å². The summed E-state index contributed by atoms with van der Waals surface area (Å²) in [5.41, 5.74) is 1.23. The Kier molecular flexibility index (Phi) is 9.56. The highest BCUT2D eigenvalue weighted by Gasteiger charge is 1.98. The Labute approximate surface area is 152 Å². The summed E-state index contributed by atoms with van der Waals surface area (Å²) in [5.74, 6) is 1.58. The van der Waals surface area contributed by atoms with E-state index < -0.39 is 0 Å². The zero-order valence-electron chi connectivity index (χ0n) is 12.5. The van der Waals surface area contributed by atoms with Crippen LogP contribution in [0.3, 0.4) is 0 Å². The molecule has 0 unspecified atom stereocenters. The van der Waals surface area contributed by atoms with Gasteiger partial charge in [0.1, 0.15) is 12.4 Å². The molecule has 7 heteroatoms. The quantitative estimate of drug-likeness (QED) is 0.306. The first-order valence-electron chi connectivity index (χ1n) is 6.94. The fourth-order valence-corrected chi connectivity index (χ4v) is 2.33. The molecular weight excluding hydrogens is 411 g/mol. The number of aliphatic imine (C=N–C) groups is 1. The first-order valence-corrected chi connectivity index (χ1v) is 7.89. The minimum Gasteiger partial charge on any atom is -0.490 e. The van der Waals surface area contributed by atoms with Gasteiger partial charge in [-0.15, -0.1) is 24.0 Å². The Morgan fingerprint density at radius 1 is 1.36 bits per heavy atom. The average Bonchev–Trinajstić information content (AvgIpc) is 3.03. The molecular formula is C15H21IN4OS. The second-order valence-corrected chi connectivity index (χ2v) is 5.07. The van der Waals surface area contributed by atoms with E-state index in [0.29, 0.717) is 19.7 Å². The molecule has 0 fully saturated rings. The van der Waals surface area contributed by atoms with Crippen molar-refractivity contribution in [1.82, 2.24) is 15.6 Å². The molecule has 0 amide bonds. The third-order valence-electron chi connectivity index (χ3n) is 2.64. The molecule has 0 spiro atoms. The van der Waals surface area contributed by atoms with E-state index >= 15 is 0 Å². The van der Waals surface area contributed by atoms with Gasteiger partial charge in [0.2, 0.25) is 0 Å². The summed E-state index contributed by atoms with van der Waals surface area (Å²) >= 11 is 1.69. The second-order valence-electron chi connectivity index (χ2n) is 4.29. The average molecular weight is 432 g/mol. The van der Waals surface area contributed by atoms with E-state index in [4.69, 9.17) is 4.74 Å². The lowest BCUT2D eigenvalue weighted by Crippen LogP contribution is -2.39. The number of thiophene rings is 1. The van der Waals surface area contributed by atoms with E-state index in [1.165, 1.54) is 5.56 Å². The number of aromatic nitrogens is 1. The molecule has 0 saturated heterocycles. The largest absolute Gasteiger partial charge is 0.490 e. The van der Waals surface area contributed by atoms with Gasteiger partial charge >= 0.3 is 0 Å². The van der Waals surface area contributed by atoms with Crippen LogP contribution >= 0.6 is 35.3 Å². The Morgan fingerprint density at radius 2 is 2.27 bits per heavy atom. The van der Waals surface area contributed by atoms with Crippen molar-refractivity contribution in [2.45, 2.75) is 13.5 Å². The molecule has 0 atom stereocenters. The highest BCUT2D eigenvalue weighted by molar-refractivity contribution is 14.0. The van der Waals surface area contributed by atoms with Gasteiger partial charge in [0.25, 0.3) is 0 Å². The maximum atomic E-state index is 5.58. The monoisotopic (exact) mass is 432 g/mol. The van der Waals surface area contributed by atoms with E-state index in [9.17, 15) is 0 Å². The Balaban J connectivity index is 0.00000242. The Morgan fingerprint density at radius 3 is 2.95 bits per heavy atom. The lowest BCUT2D eigenvalue weighted by Gasteiger charge is -2.11. The van der Waals surface area contributed by atoms with Crippen LogP contribution in [-0.4, -0.2) is 30.6 Å². The minimum absolute atomic E-state index is 0. The highest BCUT2D eigenvalue weighted by Crippen LogP contribution is 2.07. The summed E-state index contributed by atoms with van der Waals surface area (Å²) in [7, 11) is 0. The molecule has 0 aliphatic carbocycles. The van der Waals surface area contributed by atoms with Gasteiger partial charge in [-0.1, -0.05) is 0 Å². The van der Waals surface area contributed by atoms with Crippen molar-refractivity contribution in [1.29, 1.82) is 0 Å². The molecule has 22 heavy (non-hydrogen) atoms. The Hall–Kier alpha value is -1.35. The van der Waals surface area contributed by atoms with Crippen LogP contribution in [0.25, 0.3) is 0 Å². The summed E-state index contributed by atoms with van der Waals surface area (Å²) < 4.78 is 5.58. The van der Waals surface area contributed by atoms with Gasteiger partial charge in [-0.2, -0.15) is 11.3 Å². The third-order valence-corrected chi connectivity index (χ3v) is 3.37. The zero-order valence-corrected chi connectivity index (χ0v) is 15.6. The minimum atomic E-state index is 0. The molecule has 2 rings (SSSR count). The van der Waals surface area contributed by atoms with Gasteiger partial charge in [0.15, 0.2) is 5.96 Å². The molecule has 2 heterocycles. The van der Waals surface area contributed by atoms with Crippen molar-refractivity contribution < 1.29 is 4.74 Å². The number of hydrogen-bond donors (Lipinski definition) is 2. The summed E-state index contributed by atoms with van der Waals surface area (Å²) in [4.78, 5) is 8.54. The van der Waals surface area contributed by atoms with Crippen molar-refractivity contribution in [3.05, 3.63) is 46.9 Å². The van der Waals surface area contributed by atoms with E-state index in [-0.39, 0.29) is 24.0 Å². The molecule has 0 aromatic carbocycles. The van der Waals surface area contributed by atoms with Crippen LogP contribution in [0.4, 0.5) is 0 Å². The molecule has 2 N–H and O–H groups in total. The molecule has 0 bridgehead atoms. The first kappa shape index (κ1) is 18.7.